The maximum Gasteiger partial charge on any atom is 0.253 e. The number of hydrogen-bond donors (Lipinski definition) is 2. The maximum atomic E-state index is 11.5. The number of nitrogens with zero attached hydrogens (tertiary/aromatic N) is 1. The largest absolute Gasteiger partial charge is 0.398 e. The molecular formula is C11H13N3O. The van der Waals surface area contributed by atoms with E-state index in [2.05, 4.69) is 5.32 Å². The van der Waals surface area contributed by atoms with Gasteiger partial charge in [-0.3, -0.25) is 4.79 Å². The molecule has 0 bridgehead atoms. The molecule has 4 heteroatoms. The van der Waals surface area contributed by atoms with Gasteiger partial charge >= 0.3 is 0 Å². The predicted molar refractivity (Wildman–Crippen MR) is 58.4 cm³/mol. The smallest absolute Gasteiger partial charge is 0.253 e. The lowest BCUT2D eigenvalue weighted by atomic mass is 9.97. The molecule has 0 heterocycles. The third kappa shape index (κ3) is 1.77. The van der Waals surface area contributed by atoms with Crippen LogP contribution in [0.25, 0.3) is 0 Å². The van der Waals surface area contributed by atoms with Crippen LogP contribution in [0, 0.1) is 25.2 Å². The van der Waals surface area contributed by atoms with Gasteiger partial charge in [0.1, 0.15) is 0 Å². The number of nitrogens with two attached hydrogens (primary N) is 1. The maximum absolute atomic E-state index is 11.5. The fourth-order valence-electron chi connectivity index (χ4n) is 1.38. The Morgan fingerprint density at radius 2 is 2.07 bits per heavy atom. The first-order valence-electron chi connectivity index (χ1n) is 4.54. The average molecular weight is 203 g/mol. The molecule has 3 N–H and O–H groups in total. The van der Waals surface area contributed by atoms with Gasteiger partial charge in [0.15, 0.2) is 0 Å². The van der Waals surface area contributed by atoms with Crippen molar-refractivity contribution >= 4 is 11.6 Å². The van der Waals surface area contributed by atoms with Crippen molar-refractivity contribution in [2.24, 2.45) is 0 Å². The van der Waals surface area contributed by atoms with Crippen molar-refractivity contribution in [3.8, 4) is 6.07 Å². The summed E-state index contributed by atoms with van der Waals surface area (Å²) in [4.78, 5) is 11.5. The first-order chi connectivity index (χ1) is 7.02. The fourth-order valence-corrected chi connectivity index (χ4v) is 1.38. The molecule has 0 saturated heterocycles. The Balaban J connectivity index is 3.50. The van der Waals surface area contributed by atoms with Gasteiger partial charge in [0.2, 0.25) is 0 Å². The second kappa shape index (κ2) is 4.01. The summed E-state index contributed by atoms with van der Waals surface area (Å²) < 4.78 is 0. The predicted octanol–water partition coefficient (Wildman–Crippen LogP) is 1.12. The van der Waals surface area contributed by atoms with Crippen molar-refractivity contribution in [1.29, 1.82) is 5.26 Å². The summed E-state index contributed by atoms with van der Waals surface area (Å²) in [6, 6.07) is 3.57. The molecule has 0 aliphatic heterocycles. The highest BCUT2D eigenvalue weighted by Crippen LogP contribution is 2.23. The van der Waals surface area contributed by atoms with E-state index >= 15 is 0 Å². The minimum Gasteiger partial charge on any atom is -0.398 e. The third-order valence-corrected chi connectivity index (χ3v) is 2.54. The van der Waals surface area contributed by atoms with Gasteiger partial charge in [-0.05, 0) is 31.0 Å². The number of benzene rings is 1. The number of nitrogen functional groups attached to an aromatic ring is 1. The summed E-state index contributed by atoms with van der Waals surface area (Å²) in [5, 5.41) is 11.4. The van der Waals surface area contributed by atoms with Crippen LogP contribution in [0.3, 0.4) is 0 Å². The molecule has 0 aromatic heterocycles. The van der Waals surface area contributed by atoms with Crippen molar-refractivity contribution < 1.29 is 4.79 Å². The summed E-state index contributed by atoms with van der Waals surface area (Å²) in [7, 11) is 1.53. The Labute approximate surface area is 88.7 Å². The van der Waals surface area contributed by atoms with Crippen LogP contribution in [0.1, 0.15) is 27.0 Å². The summed E-state index contributed by atoms with van der Waals surface area (Å²) in [6.45, 7) is 3.62. The van der Waals surface area contributed by atoms with Gasteiger partial charge in [-0.2, -0.15) is 5.26 Å². The highest BCUT2D eigenvalue weighted by atomic mass is 16.1. The molecule has 1 amide bonds. The number of carbonyl (C=O) groups excluding carboxylic acids is 1. The third-order valence-electron chi connectivity index (χ3n) is 2.54. The van der Waals surface area contributed by atoms with Gasteiger partial charge in [0.25, 0.3) is 5.91 Å². The van der Waals surface area contributed by atoms with Gasteiger partial charge in [0, 0.05) is 12.7 Å². The van der Waals surface area contributed by atoms with Crippen molar-refractivity contribution in [2.75, 3.05) is 12.8 Å². The van der Waals surface area contributed by atoms with Gasteiger partial charge in [-0.15, -0.1) is 0 Å². The van der Waals surface area contributed by atoms with E-state index in [-0.39, 0.29) is 5.91 Å². The molecule has 0 saturated carbocycles. The second-order valence-corrected chi connectivity index (χ2v) is 3.33. The van der Waals surface area contributed by atoms with E-state index in [9.17, 15) is 4.79 Å². The van der Waals surface area contributed by atoms with Crippen molar-refractivity contribution in [3.05, 3.63) is 28.3 Å². The molecule has 0 fully saturated rings. The number of amides is 1. The van der Waals surface area contributed by atoms with Crippen molar-refractivity contribution in [2.45, 2.75) is 13.8 Å². The van der Waals surface area contributed by atoms with Gasteiger partial charge in [-0.1, -0.05) is 0 Å². The molecule has 1 aromatic carbocycles. The quantitative estimate of drug-likeness (QED) is 0.671. The number of hydrogen-bond acceptors (Lipinski definition) is 3. The van der Waals surface area contributed by atoms with Crippen LogP contribution in [0.15, 0.2) is 6.07 Å². The summed E-state index contributed by atoms with van der Waals surface area (Å²) in [5.41, 5.74) is 8.70. The highest BCUT2D eigenvalue weighted by molar-refractivity contribution is 6.00. The van der Waals surface area contributed by atoms with E-state index in [1.165, 1.54) is 13.1 Å². The second-order valence-electron chi connectivity index (χ2n) is 3.33. The van der Waals surface area contributed by atoms with Gasteiger partial charge in [-0.25, -0.2) is 0 Å². The highest BCUT2D eigenvalue weighted by Gasteiger charge is 2.14. The summed E-state index contributed by atoms with van der Waals surface area (Å²) >= 11 is 0. The lowest BCUT2D eigenvalue weighted by Crippen LogP contribution is -2.20. The number of nitriles is 1. The molecule has 78 valence electrons. The fraction of sp³-hybridized carbons (Fsp3) is 0.273. The molecule has 0 aliphatic carbocycles. The number of carbonyl (C=O) groups is 1. The minimum atomic E-state index is -0.271. The van der Waals surface area contributed by atoms with Crippen LogP contribution in [-0.2, 0) is 0 Å². The van der Waals surface area contributed by atoms with E-state index in [1.54, 1.807) is 6.92 Å². The Kier molecular flexibility index (Phi) is 2.96. The molecule has 0 aliphatic rings. The lowest BCUT2D eigenvalue weighted by molar-refractivity contribution is 0.0964. The zero-order valence-electron chi connectivity index (χ0n) is 9.01. The minimum absolute atomic E-state index is 0.271. The molecule has 0 radical (unpaired) electrons. The van der Waals surface area contributed by atoms with Gasteiger partial charge in [0.05, 0.1) is 17.2 Å². The summed E-state index contributed by atoms with van der Waals surface area (Å²) in [6.07, 6.45) is 0. The molecule has 1 rings (SSSR count). The molecule has 1 aromatic rings. The molecular weight excluding hydrogens is 190 g/mol. The molecule has 15 heavy (non-hydrogen) atoms. The van der Waals surface area contributed by atoms with Crippen LogP contribution >= 0.6 is 0 Å². The first kappa shape index (κ1) is 11.1. The Morgan fingerprint density at radius 1 is 1.47 bits per heavy atom. The Hall–Kier alpha value is -2.02. The Bertz CT molecular complexity index is 458. The zero-order chi connectivity index (χ0) is 11.6. The van der Waals surface area contributed by atoms with E-state index in [1.807, 2.05) is 13.0 Å². The average Bonchev–Trinajstić information content (AvgIpc) is 2.25. The van der Waals surface area contributed by atoms with Crippen LogP contribution in [0.5, 0.6) is 0 Å². The van der Waals surface area contributed by atoms with E-state index in [0.717, 1.165) is 11.1 Å². The van der Waals surface area contributed by atoms with Gasteiger partial charge < -0.3 is 11.1 Å². The number of nitrogens with one attached hydrogen (secondary N) is 1. The van der Waals surface area contributed by atoms with Crippen LogP contribution in [-0.4, -0.2) is 13.0 Å². The molecule has 0 spiro atoms. The SMILES string of the molecule is CNC(=O)c1cc(C#N)c(C)c(C)c1N. The van der Waals surface area contributed by atoms with Crippen LogP contribution < -0.4 is 11.1 Å². The van der Waals surface area contributed by atoms with E-state index in [0.29, 0.717) is 16.8 Å². The Morgan fingerprint density at radius 3 is 2.53 bits per heavy atom. The topological polar surface area (TPSA) is 78.9 Å². The first-order valence-corrected chi connectivity index (χ1v) is 4.54. The van der Waals surface area contributed by atoms with Crippen molar-refractivity contribution in [3.63, 3.8) is 0 Å². The number of rotatable bonds is 1. The van der Waals surface area contributed by atoms with Crippen LogP contribution in [0.2, 0.25) is 0 Å². The molecule has 0 atom stereocenters. The monoisotopic (exact) mass is 203 g/mol. The molecule has 0 unspecified atom stereocenters. The standard InChI is InChI=1S/C11H13N3O/c1-6-7(2)10(13)9(11(15)14-3)4-8(6)5-12/h4H,13H2,1-3H3,(H,14,15). The van der Waals surface area contributed by atoms with E-state index in [4.69, 9.17) is 11.0 Å². The normalized spacial score (nSPS) is 9.47. The van der Waals surface area contributed by atoms with Crippen molar-refractivity contribution in [1.82, 2.24) is 5.32 Å². The molecule has 4 nitrogen and oxygen atoms in total. The summed E-state index contributed by atoms with van der Waals surface area (Å²) in [5.74, 6) is -0.271. The zero-order valence-corrected chi connectivity index (χ0v) is 9.01. The van der Waals surface area contributed by atoms with Crippen LogP contribution in [0.4, 0.5) is 5.69 Å². The van der Waals surface area contributed by atoms with E-state index < -0.39 is 0 Å². The number of anilines is 1. The lowest BCUT2D eigenvalue weighted by Gasteiger charge is -2.11.